The third-order valence-electron chi connectivity index (χ3n) is 3.73. The molecular weight excluding hydrogens is 403 g/mol. The van der Waals surface area contributed by atoms with Gasteiger partial charge in [-0.3, -0.25) is 4.79 Å². The van der Waals surface area contributed by atoms with E-state index in [1.54, 1.807) is 24.3 Å². The third-order valence-corrected chi connectivity index (χ3v) is 4.22. The van der Waals surface area contributed by atoms with Crippen molar-refractivity contribution < 1.29 is 18.7 Å². The molecule has 26 heavy (non-hydrogen) atoms. The number of carbonyl (C=O) groups excluding carboxylic acids is 1. The van der Waals surface area contributed by atoms with Crippen molar-refractivity contribution in [3.8, 4) is 11.5 Å². The van der Waals surface area contributed by atoms with Crippen molar-refractivity contribution >= 4 is 44.3 Å². The lowest BCUT2D eigenvalue weighted by molar-refractivity contribution is -0.132. The maximum absolute atomic E-state index is 14.1. The Morgan fingerprint density at radius 2 is 1.96 bits per heavy atom. The highest BCUT2D eigenvalue weighted by atomic mass is 79.9. The van der Waals surface area contributed by atoms with E-state index in [1.807, 2.05) is 13.0 Å². The number of aromatic nitrogens is 1. The first-order chi connectivity index (χ1) is 12.4. The maximum Gasteiger partial charge on any atom is 0.308 e. The predicted octanol–water partition coefficient (Wildman–Crippen LogP) is 5.12. The van der Waals surface area contributed by atoms with Gasteiger partial charge in [0.05, 0.1) is 18.3 Å². The molecule has 0 fully saturated rings. The van der Waals surface area contributed by atoms with Crippen molar-refractivity contribution in [3.63, 3.8) is 0 Å². The minimum absolute atomic E-state index is 0.282. The van der Waals surface area contributed by atoms with Crippen LogP contribution in [0.4, 0.5) is 15.9 Å². The van der Waals surface area contributed by atoms with E-state index < -0.39 is 11.8 Å². The summed E-state index contributed by atoms with van der Waals surface area (Å²) in [5, 5.41) is 3.82. The molecule has 0 spiro atoms. The summed E-state index contributed by atoms with van der Waals surface area (Å²) in [6.07, 6.45) is 0. The summed E-state index contributed by atoms with van der Waals surface area (Å²) in [7, 11) is 1.50. The average Bonchev–Trinajstić information content (AvgIpc) is 2.57. The Bertz CT molecular complexity index is 1010. The van der Waals surface area contributed by atoms with E-state index in [0.29, 0.717) is 27.2 Å². The van der Waals surface area contributed by atoms with Crippen LogP contribution in [0.15, 0.2) is 40.9 Å². The van der Waals surface area contributed by atoms with Gasteiger partial charge in [-0.05, 0) is 42.8 Å². The van der Waals surface area contributed by atoms with E-state index in [1.165, 1.54) is 20.1 Å². The zero-order valence-corrected chi connectivity index (χ0v) is 16.0. The number of ether oxygens (including phenoxy) is 2. The Morgan fingerprint density at radius 3 is 2.62 bits per heavy atom. The fraction of sp³-hybridized carbons (Fsp3) is 0.158. The Kier molecular flexibility index (Phi) is 5.08. The number of anilines is 2. The molecule has 2 aromatic carbocycles. The molecule has 0 aliphatic carbocycles. The molecule has 0 atom stereocenters. The van der Waals surface area contributed by atoms with Crippen LogP contribution in [-0.4, -0.2) is 18.1 Å². The number of methoxy groups -OCH3 is 1. The van der Waals surface area contributed by atoms with E-state index in [2.05, 4.69) is 26.2 Å². The van der Waals surface area contributed by atoms with Gasteiger partial charge in [-0.1, -0.05) is 15.9 Å². The molecule has 5 nitrogen and oxygen atoms in total. The van der Waals surface area contributed by atoms with Gasteiger partial charge in [0.2, 0.25) is 0 Å². The van der Waals surface area contributed by atoms with Gasteiger partial charge in [0.15, 0.2) is 11.5 Å². The molecule has 0 radical (unpaired) electrons. The van der Waals surface area contributed by atoms with Crippen LogP contribution in [0.3, 0.4) is 0 Å². The summed E-state index contributed by atoms with van der Waals surface area (Å²) in [5.74, 6) is 0.386. The van der Waals surface area contributed by atoms with Gasteiger partial charge in [0.1, 0.15) is 11.6 Å². The number of halogens is 2. The minimum Gasteiger partial charge on any atom is -0.493 e. The van der Waals surface area contributed by atoms with Crippen molar-refractivity contribution in [2.45, 2.75) is 13.8 Å². The summed E-state index contributed by atoms with van der Waals surface area (Å²) in [6.45, 7) is 3.19. The second-order valence-electron chi connectivity index (χ2n) is 5.69. The molecule has 1 N–H and O–H groups in total. The first-order valence-electron chi connectivity index (χ1n) is 7.77. The minimum atomic E-state index is -0.454. The number of esters is 1. The summed E-state index contributed by atoms with van der Waals surface area (Å²) >= 11 is 3.23. The molecular formula is C19H16BrFN2O3. The number of nitrogens with zero attached hydrogens (tertiary/aromatic N) is 1. The Balaban J connectivity index is 2.06. The highest BCUT2D eigenvalue weighted by Crippen LogP contribution is 2.34. The lowest BCUT2D eigenvalue weighted by Crippen LogP contribution is -2.04. The molecule has 7 heteroatoms. The van der Waals surface area contributed by atoms with Crippen LogP contribution in [0.25, 0.3) is 10.9 Å². The highest BCUT2D eigenvalue weighted by molar-refractivity contribution is 9.10. The standard InChI is InChI=1S/C19H16BrFN2O3/c1-10-6-12-7-17(25-3)18(26-11(2)24)9-16(12)23-19(10)22-15-5-4-13(20)8-14(15)21/h4-9H,1-3H3,(H,22,23). The maximum atomic E-state index is 14.1. The Morgan fingerprint density at radius 1 is 1.19 bits per heavy atom. The summed E-state index contributed by atoms with van der Waals surface area (Å²) in [4.78, 5) is 15.8. The second-order valence-corrected chi connectivity index (χ2v) is 6.61. The molecule has 3 aromatic rings. The van der Waals surface area contributed by atoms with Crippen LogP contribution in [0.1, 0.15) is 12.5 Å². The van der Waals surface area contributed by atoms with Gasteiger partial charge in [-0.25, -0.2) is 9.37 Å². The fourth-order valence-corrected chi connectivity index (χ4v) is 2.86. The van der Waals surface area contributed by atoms with Crippen molar-refractivity contribution in [2.75, 3.05) is 12.4 Å². The number of rotatable bonds is 4. The van der Waals surface area contributed by atoms with Crippen LogP contribution in [0.2, 0.25) is 0 Å². The van der Waals surface area contributed by atoms with Crippen molar-refractivity contribution in [1.29, 1.82) is 0 Å². The van der Waals surface area contributed by atoms with Crippen LogP contribution in [-0.2, 0) is 4.79 Å². The van der Waals surface area contributed by atoms with Gasteiger partial charge < -0.3 is 14.8 Å². The zero-order chi connectivity index (χ0) is 18.8. The van der Waals surface area contributed by atoms with Gasteiger partial charge >= 0.3 is 5.97 Å². The van der Waals surface area contributed by atoms with Crippen LogP contribution in [0.5, 0.6) is 11.5 Å². The molecule has 0 bridgehead atoms. The monoisotopic (exact) mass is 418 g/mol. The first kappa shape index (κ1) is 18.1. The van der Waals surface area contributed by atoms with E-state index in [-0.39, 0.29) is 5.75 Å². The first-order valence-corrected chi connectivity index (χ1v) is 8.56. The van der Waals surface area contributed by atoms with Crippen molar-refractivity contribution in [1.82, 2.24) is 4.98 Å². The van der Waals surface area contributed by atoms with Crippen molar-refractivity contribution in [2.24, 2.45) is 0 Å². The number of benzene rings is 2. The molecule has 1 heterocycles. The largest absolute Gasteiger partial charge is 0.493 e. The van der Waals surface area contributed by atoms with Gasteiger partial charge in [0.25, 0.3) is 0 Å². The van der Waals surface area contributed by atoms with E-state index in [9.17, 15) is 9.18 Å². The number of pyridine rings is 1. The molecule has 0 saturated carbocycles. The summed E-state index contributed by atoms with van der Waals surface area (Å²) < 4.78 is 25.2. The summed E-state index contributed by atoms with van der Waals surface area (Å²) in [6, 6.07) is 10.0. The number of aryl methyl sites for hydroxylation is 1. The Labute approximate surface area is 158 Å². The second kappa shape index (κ2) is 7.29. The van der Waals surface area contributed by atoms with Gasteiger partial charge in [-0.2, -0.15) is 0 Å². The zero-order valence-electron chi connectivity index (χ0n) is 14.4. The van der Waals surface area contributed by atoms with E-state index >= 15 is 0 Å². The predicted molar refractivity (Wildman–Crippen MR) is 102 cm³/mol. The van der Waals surface area contributed by atoms with Crippen LogP contribution < -0.4 is 14.8 Å². The normalized spacial score (nSPS) is 10.7. The number of carbonyl (C=O) groups is 1. The SMILES string of the molecule is COc1cc2cc(C)c(Nc3ccc(Br)cc3F)nc2cc1OC(C)=O. The smallest absolute Gasteiger partial charge is 0.308 e. The fourth-order valence-electron chi connectivity index (χ4n) is 2.53. The topological polar surface area (TPSA) is 60.4 Å². The number of fused-ring (bicyclic) bond motifs is 1. The van der Waals surface area contributed by atoms with Crippen LogP contribution >= 0.6 is 15.9 Å². The lowest BCUT2D eigenvalue weighted by atomic mass is 10.1. The molecule has 0 saturated heterocycles. The number of hydrogen-bond donors (Lipinski definition) is 1. The summed E-state index contributed by atoms with van der Waals surface area (Å²) in [5.41, 5.74) is 1.74. The van der Waals surface area contributed by atoms with Gasteiger partial charge in [0, 0.05) is 22.8 Å². The number of hydrogen-bond acceptors (Lipinski definition) is 5. The Hall–Kier alpha value is -2.67. The molecule has 0 amide bonds. The molecule has 134 valence electrons. The molecule has 3 rings (SSSR count). The molecule has 1 aromatic heterocycles. The molecule has 0 unspecified atom stereocenters. The number of nitrogens with one attached hydrogen (secondary N) is 1. The van der Waals surface area contributed by atoms with E-state index in [4.69, 9.17) is 9.47 Å². The quantitative estimate of drug-likeness (QED) is 0.470. The molecule has 0 aliphatic rings. The van der Waals surface area contributed by atoms with E-state index in [0.717, 1.165) is 10.9 Å². The van der Waals surface area contributed by atoms with Gasteiger partial charge in [-0.15, -0.1) is 0 Å². The third kappa shape index (κ3) is 3.77. The lowest BCUT2D eigenvalue weighted by Gasteiger charge is -2.13. The molecule has 0 aliphatic heterocycles. The highest BCUT2D eigenvalue weighted by Gasteiger charge is 2.13. The van der Waals surface area contributed by atoms with Crippen molar-refractivity contribution in [3.05, 3.63) is 52.3 Å². The van der Waals surface area contributed by atoms with Crippen LogP contribution in [0, 0.1) is 12.7 Å². The average molecular weight is 419 g/mol.